The maximum Gasteiger partial charge on any atom is 0.142 e. The molecule has 15 heavy (non-hydrogen) atoms. The van der Waals surface area contributed by atoms with Gasteiger partial charge in [-0.25, -0.2) is 4.39 Å². The molecule has 0 amide bonds. The van der Waals surface area contributed by atoms with Crippen molar-refractivity contribution in [2.24, 2.45) is 5.73 Å². The summed E-state index contributed by atoms with van der Waals surface area (Å²) in [5, 5.41) is 0.0953. The summed E-state index contributed by atoms with van der Waals surface area (Å²) in [5.74, 6) is -0.465. The minimum absolute atomic E-state index is 0.0953. The lowest BCUT2D eigenvalue weighted by Gasteiger charge is -2.12. The van der Waals surface area contributed by atoms with Crippen molar-refractivity contribution in [2.45, 2.75) is 6.04 Å². The van der Waals surface area contributed by atoms with Gasteiger partial charge in [-0.3, -0.25) is 0 Å². The van der Waals surface area contributed by atoms with Crippen LogP contribution in [0.3, 0.4) is 0 Å². The van der Waals surface area contributed by atoms with Gasteiger partial charge in [0.2, 0.25) is 0 Å². The molecule has 2 nitrogen and oxygen atoms in total. The molecule has 0 aliphatic carbocycles. The molecule has 0 bridgehead atoms. The minimum atomic E-state index is -0.465. The van der Waals surface area contributed by atoms with E-state index < -0.39 is 5.82 Å². The highest BCUT2D eigenvalue weighted by molar-refractivity contribution is 6.30. The van der Waals surface area contributed by atoms with E-state index in [1.165, 1.54) is 12.1 Å². The van der Waals surface area contributed by atoms with Crippen LogP contribution < -0.4 is 5.73 Å². The van der Waals surface area contributed by atoms with Crippen molar-refractivity contribution in [1.82, 2.24) is 0 Å². The van der Waals surface area contributed by atoms with Crippen molar-refractivity contribution in [2.75, 3.05) is 13.2 Å². The summed E-state index contributed by atoms with van der Waals surface area (Å²) in [7, 11) is 0. The Morgan fingerprint density at radius 2 is 2.33 bits per heavy atom. The number of rotatable bonds is 5. The molecule has 0 saturated heterocycles. The van der Waals surface area contributed by atoms with E-state index in [0.717, 1.165) is 0 Å². The molecule has 82 valence electrons. The summed E-state index contributed by atoms with van der Waals surface area (Å²) in [6, 6.07) is 4.15. The van der Waals surface area contributed by atoms with Crippen molar-refractivity contribution in [1.29, 1.82) is 0 Å². The van der Waals surface area contributed by atoms with Crippen LogP contribution in [-0.2, 0) is 4.74 Å². The first-order valence-corrected chi connectivity index (χ1v) is 4.92. The fourth-order valence-corrected chi connectivity index (χ4v) is 1.24. The zero-order chi connectivity index (χ0) is 11.3. The zero-order valence-corrected chi connectivity index (χ0v) is 9.01. The quantitative estimate of drug-likeness (QED) is 0.622. The summed E-state index contributed by atoms with van der Waals surface area (Å²) in [5.41, 5.74) is 6.45. The molecule has 0 spiro atoms. The minimum Gasteiger partial charge on any atom is -0.375 e. The Morgan fingerprint density at radius 3 is 2.93 bits per heavy atom. The summed E-state index contributed by atoms with van der Waals surface area (Å²) in [6.07, 6.45) is 1.63. The van der Waals surface area contributed by atoms with E-state index >= 15 is 0 Å². The molecule has 1 aromatic rings. The van der Waals surface area contributed by atoms with E-state index in [9.17, 15) is 4.39 Å². The molecule has 0 aliphatic rings. The van der Waals surface area contributed by atoms with Gasteiger partial charge in [-0.15, -0.1) is 6.58 Å². The molecular formula is C11H13ClFNO. The van der Waals surface area contributed by atoms with Crippen molar-refractivity contribution >= 4 is 11.6 Å². The standard InChI is InChI=1S/C11H13ClFNO/c1-2-5-15-7-11(14)8-3-4-9(12)10(13)6-8/h2-4,6,11H,1,5,7,14H2/t11-/m1/s1. The summed E-state index contributed by atoms with van der Waals surface area (Å²) >= 11 is 5.55. The molecule has 1 aromatic carbocycles. The van der Waals surface area contributed by atoms with Crippen LogP contribution in [0.25, 0.3) is 0 Å². The molecule has 0 aliphatic heterocycles. The van der Waals surface area contributed by atoms with Gasteiger partial charge in [0.25, 0.3) is 0 Å². The second kappa shape index (κ2) is 5.85. The van der Waals surface area contributed by atoms with Gasteiger partial charge >= 0.3 is 0 Å². The largest absolute Gasteiger partial charge is 0.375 e. The predicted octanol–water partition coefficient (Wildman–Crippen LogP) is 2.68. The van der Waals surface area contributed by atoms with Gasteiger partial charge < -0.3 is 10.5 Å². The number of hydrogen-bond acceptors (Lipinski definition) is 2. The molecule has 0 radical (unpaired) electrons. The predicted molar refractivity (Wildman–Crippen MR) is 59.4 cm³/mol. The third-order valence-corrected chi connectivity index (χ3v) is 2.21. The van der Waals surface area contributed by atoms with Crippen LogP contribution in [0.2, 0.25) is 5.02 Å². The fraction of sp³-hybridized carbons (Fsp3) is 0.273. The van der Waals surface area contributed by atoms with E-state index in [1.54, 1.807) is 12.1 Å². The Kier molecular flexibility index (Phi) is 4.75. The Morgan fingerprint density at radius 1 is 1.60 bits per heavy atom. The molecule has 0 aromatic heterocycles. The number of nitrogens with two attached hydrogens (primary N) is 1. The van der Waals surface area contributed by atoms with Crippen molar-refractivity contribution in [3.05, 3.63) is 47.3 Å². The monoisotopic (exact) mass is 229 g/mol. The van der Waals surface area contributed by atoms with Gasteiger partial charge in [-0.05, 0) is 17.7 Å². The number of hydrogen-bond donors (Lipinski definition) is 1. The fourth-order valence-electron chi connectivity index (χ4n) is 1.12. The molecule has 2 N–H and O–H groups in total. The Hall–Kier alpha value is -0.900. The van der Waals surface area contributed by atoms with Gasteiger partial charge in [0.1, 0.15) is 5.82 Å². The average Bonchev–Trinajstić information content (AvgIpc) is 2.22. The topological polar surface area (TPSA) is 35.2 Å². The Bertz CT molecular complexity index is 343. The SMILES string of the molecule is C=CCOC[C@@H](N)c1ccc(Cl)c(F)c1. The maximum absolute atomic E-state index is 13.1. The zero-order valence-electron chi connectivity index (χ0n) is 8.25. The lowest BCUT2D eigenvalue weighted by atomic mass is 10.1. The molecule has 4 heteroatoms. The van der Waals surface area contributed by atoms with Gasteiger partial charge in [-0.2, -0.15) is 0 Å². The summed E-state index contributed by atoms with van der Waals surface area (Å²) < 4.78 is 18.3. The highest BCUT2D eigenvalue weighted by atomic mass is 35.5. The highest BCUT2D eigenvalue weighted by Gasteiger charge is 2.08. The first-order valence-electron chi connectivity index (χ1n) is 4.54. The highest BCUT2D eigenvalue weighted by Crippen LogP contribution is 2.19. The van der Waals surface area contributed by atoms with Crippen LogP contribution in [0.4, 0.5) is 4.39 Å². The van der Waals surface area contributed by atoms with E-state index in [2.05, 4.69) is 6.58 Å². The van der Waals surface area contributed by atoms with Gasteiger partial charge in [0.05, 0.1) is 24.3 Å². The van der Waals surface area contributed by atoms with Crippen molar-refractivity contribution in [3.63, 3.8) is 0 Å². The molecule has 0 saturated carbocycles. The molecule has 0 fully saturated rings. The normalized spacial score (nSPS) is 12.5. The van der Waals surface area contributed by atoms with Gasteiger partial charge in [-0.1, -0.05) is 23.7 Å². The number of halogens is 2. The smallest absolute Gasteiger partial charge is 0.142 e. The third-order valence-electron chi connectivity index (χ3n) is 1.90. The molecule has 1 rings (SSSR count). The maximum atomic E-state index is 13.1. The van der Waals surface area contributed by atoms with Crippen LogP contribution >= 0.6 is 11.6 Å². The van der Waals surface area contributed by atoms with Crippen LogP contribution in [0.5, 0.6) is 0 Å². The Balaban J connectivity index is 2.61. The number of benzene rings is 1. The van der Waals surface area contributed by atoms with E-state index in [0.29, 0.717) is 18.8 Å². The van der Waals surface area contributed by atoms with Gasteiger partial charge in [0, 0.05) is 0 Å². The van der Waals surface area contributed by atoms with E-state index in [1.807, 2.05) is 0 Å². The van der Waals surface area contributed by atoms with Crippen molar-refractivity contribution < 1.29 is 9.13 Å². The van der Waals surface area contributed by atoms with Crippen LogP contribution in [-0.4, -0.2) is 13.2 Å². The van der Waals surface area contributed by atoms with Crippen LogP contribution in [0.1, 0.15) is 11.6 Å². The van der Waals surface area contributed by atoms with Crippen LogP contribution in [0, 0.1) is 5.82 Å². The van der Waals surface area contributed by atoms with Crippen molar-refractivity contribution in [3.8, 4) is 0 Å². The molecule has 0 heterocycles. The van der Waals surface area contributed by atoms with Crippen LogP contribution in [0.15, 0.2) is 30.9 Å². The third kappa shape index (κ3) is 3.63. The molecule has 0 unspecified atom stereocenters. The first kappa shape index (κ1) is 12.2. The second-order valence-electron chi connectivity index (χ2n) is 3.11. The first-order chi connectivity index (χ1) is 7.15. The average molecular weight is 230 g/mol. The molecular weight excluding hydrogens is 217 g/mol. The Labute approximate surface area is 93.5 Å². The summed E-state index contributed by atoms with van der Waals surface area (Å²) in [6.45, 7) is 4.27. The lowest BCUT2D eigenvalue weighted by molar-refractivity contribution is 0.147. The molecule has 1 atom stereocenters. The summed E-state index contributed by atoms with van der Waals surface area (Å²) in [4.78, 5) is 0. The van der Waals surface area contributed by atoms with Gasteiger partial charge in [0.15, 0.2) is 0 Å². The number of ether oxygens (including phenoxy) is 1. The van der Waals surface area contributed by atoms with E-state index in [4.69, 9.17) is 22.1 Å². The van der Waals surface area contributed by atoms with E-state index in [-0.39, 0.29) is 11.1 Å². The second-order valence-corrected chi connectivity index (χ2v) is 3.51. The lowest BCUT2D eigenvalue weighted by Crippen LogP contribution is -2.17.